The fourth-order valence-corrected chi connectivity index (χ4v) is 4.92. The van der Waals surface area contributed by atoms with Gasteiger partial charge in [-0.3, -0.25) is 19.2 Å². The predicted octanol–water partition coefficient (Wildman–Crippen LogP) is 2.56. The Labute approximate surface area is 184 Å². The molecule has 0 aliphatic carbocycles. The van der Waals surface area contributed by atoms with Crippen LogP contribution in [-0.2, 0) is 16.6 Å². The maximum atomic E-state index is 13.2. The first-order chi connectivity index (χ1) is 14.9. The largest absolute Gasteiger partial charge is 0.340 e. The molecule has 7 nitrogen and oxygen atoms in total. The van der Waals surface area contributed by atoms with Gasteiger partial charge >= 0.3 is 0 Å². The molecule has 2 amide bonds. The Morgan fingerprint density at radius 1 is 1.16 bits per heavy atom. The van der Waals surface area contributed by atoms with Gasteiger partial charge in [-0.05, 0) is 36.8 Å². The standard InChI is InChI=1S/C24H33N5O2/c1-18-7-4-5-8-21(18)19(2)15-23(30)28-13-11-27(12-14-28)22-9-6-10-29(24(22)31)20-16-25-26(3)17-20/h4-5,7-8,16-17,19,22H,6,9-15H2,1-3H3/t19-,22+/m0/s1. The number of amides is 2. The third-order valence-corrected chi connectivity index (χ3v) is 6.72. The van der Waals surface area contributed by atoms with E-state index in [4.69, 9.17) is 0 Å². The van der Waals surface area contributed by atoms with E-state index in [2.05, 4.69) is 36.0 Å². The Kier molecular flexibility index (Phi) is 6.41. The average molecular weight is 424 g/mol. The van der Waals surface area contributed by atoms with Gasteiger partial charge in [0, 0.05) is 52.4 Å². The maximum absolute atomic E-state index is 13.2. The number of benzene rings is 1. The van der Waals surface area contributed by atoms with E-state index in [0.29, 0.717) is 19.5 Å². The second kappa shape index (κ2) is 9.22. The van der Waals surface area contributed by atoms with Crippen LogP contribution in [0.3, 0.4) is 0 Å². The van der Waals surface area contributed by atoms with Crippen LogP contribution in [0.5, 0.6) is 0 Å². The van der Waals surface area contributed by atoms with Crippen molar-refractivity contribution < 1.29 is 9.59 Å². The summed E-state index contributed by atoms with van der Waals surface area (Å²) in [6.07, 6.45) is 6.05. The van der Waals surface area contributed by atoms with Gasteiger partial charge in [0.25, 0.3) is 0 Å². The fraction of sp³-hybridized carbons (Fsp3) is 0.542. The second-order valence-electron chi connectivity index (χ2n) is 8.90. The van der Waals surface area contributed by atoms with Crippen LogP contribution in [0.25, 0.3) is 0 Å². The van der Waals surface area contributed by atoms with Crippen molar-refractivity contribution in [3.8, 4) is 0 Å². The minimum absolute atomic E-state index is 0.0999. The Bertz CT molecular complexity index is 932. The van der Waals surface area contributed by atoms with Crippen LogP contribution in [0.2, 0.25) is 0 Å². The molecule has 7 heteroatoms. The Morgan fingerprint density at radius 3 is 2.58 bits per heavy atom. The molecule has 0 N–H and O–H groups in total. The monoisotopic (exact) mass is 423 g/mol. The van der Waals surface area contributed by atoms with Gasteiger partial charge in [0.05, 0.1) is 17.9 Å². The van der Waals surface area contributed by atoms with Gasteiger partial charge in [-0.1, -0.05) is 31.2 Å². The summed E-state index contributed by atoms with van der Waals surface area (Å²) in [4.78, 5) is 32.2. The number of aromatic nitrogens is 2. The predicted molar refractivity (Wildman–Crippen MR) is 121 cm³/mol. The molecule has 0 spiro atoms. The van der Waals surface area contributed by atoms with Crippen LogP contribution >= 0.6 is 0 Å². The minimum Gasteiger partial charge on any atom is -0.340 e. The van der Waals surface area contributed by atoms with Crippen molar-refractivity contribution in [3.05, 3.63) is 47.8 Å². The summed E-state index contributed by atoms with van der Waals surface area (Å²) in [5.41, 5.74) is 3.36. The molecule has 2 saturated heterocycles. The molecule has 1 aromatic carbocycles. The first-order valence-electron chi connectivity index (χ1n) is 11.3. The minimum atomic E-state index is -0.0999. The van der Waals surface area contributed by atoms with Crippen LogP contribution in [0.15, 0.2) is 36.7 Å². The summed E-state index contributed by atoms with van der Waals surface area (Å²) in [6, 6.07) is 8.20. The summed E-state index contributed by atoms with van der Waals surface area (Å²) in [6.45, 7) is 7.86. The van der Waals surface area contributed by atoms with Gasteiger partial charge in [-0.25, -0.2) is 0 Å². The first-order valence-corrected chi connectivity index (χ1v) is 11.3. The SMILES string of the molecule is Cc1ccccc1[C@@H](C)CC(=O)N1CCN([C@@H]2CCCN(c3cnn(C)c3)C2=O)CC1. The van der Waals surface area contributed by atoms with E-state index in [-0.39, 0.29) is 23.8 Å². The van der Waals surface area contributed by atoms with Gasteiger partial charge in [-0.2, -0.15) is 5.10 Å². The van der Waals surface area contributed by atoms with Crippen LogP contribution in [0.4, 0.5) is 5.69 Å². The smallest absolute Gasteiger partial charge is 0.244 e. The summed E-state index contributed by atoms with van der Waals surface area (Å²) in [5.74, 6) is 0.578. The zero-order valence-corrected chi connectivity index (χ0v) is 18.8. The van der Waals surface area contributed by atoms with E-state index >= 15 is 0 Å². The Balaban J connectivity index is 1.32. The lowest BCUT2D eigenvalue weighted by Gasteiger charge is -2.42. The molecule has 0 unspecified atom stereocenters. The number of hydrogen-bond donors (Lipinski definition) is 0. The van der Waals surface area contributed by atoms with E-state index in [1.807, 2.05) is 35.2 Å². The normalized spacial score (nSPS) is 21.4. The molecule has 31 heavy (non-hydrogen) atoms. The van der Waals surface area contributed by atoms with Crippen molar-refractivity contribution >= 4 is 17.5 Å². The molecular weight excluding hydrogens is 390 g/mol. The van der Waals surface area contributed by atoms with Crippen molar-refractivity contribution in [1.82, 2.24) is 19.6 Å². The highest BCUT2D eigenvalue weighted by molar-refractivity contribution is 5.97. The summed E-state index contributed by atoms with van der Waals surface area (Å²) in [7, 11) is 1.87. The molecule has 3 heterocycles. The molecule has 4 rings (SSSR count). The lowest BCUT2D eigenvalue weighted by atomic mass is 9.93. The highest BCUT2D eigenvalue weighted by atomic mass is 16.2. The molecule has 2 atom stereocenters. The highest BCUT2D eigenvalue weighted by Gasteiger charge is 2.36. The Morgan fingerprint density at radius 2 is 1.90 bits per heavy atom. The fourth-order valence-electron chi connectivity index (χ4n) is 4.92. The first kappa shape index (κ1) is 21.6. The molecule has 0 radical (unpaired) electrons. The van der Waals surface area contributed by atoms with E-state index in [1.165, 1.54) is 11.1 Å². The quantitative estimate of drug-likeness (QED) is 0.742. The number of rotatable bonds is 5. The zero-order valence-electron chi connectivity index (χ0n) is 18.8. The summed E-state index contributed by atoms with van der Waals surface area (Å²) in [5, 5.41) is 4.21. The second-order valence-corrected chi connectivity index (χ2v) is 8.90. The zero-order chi connectivity index (χ0) is 22.0. The van der Waals surface area contributed by atoms with Crippen molar-refractivity contribution in [2.75, 3.05) is 37.6 Å². The van der Waals surface area contributed by atoms with Gasteiger partial charge in [-0.15, -0.1) is 0 Å². The molecule has 2 aromatic rings. The topological polar surface area (TPSA) is 61.7 Å². The van der Waals surface area contributed by atoms with E-state index in [0.717, 1.165) is 38.2 Å². The molecular formula is C24H33N5O2. The highest BCUT2D eigenvalue weighted by Crippen LogP contribution is 2.26. The number of piperidine rings is 1. The molecule has 2 fully saturated rings. The third kappa shape index (κ3) is 4.66. The van der Waals surface area contributed by atoms with Crippen LogP contribution in [0, 0.1) is 6.92 Å². The van der Waals surface area contributed by atoms with E-state index in [9.17, 15) is 9.59 Å². The molecule has 2 aliphatic rings. The molecule has 0 bridgehead atoms. The number of nitrogens with zero attached hydrogens (tertiary/aromatic N) is 5. The number of piperazine rings is 1. The van der Waals surface area contributed by atoms with Crippen molar-refractivity contribution in [3.63, 3.8) is 0 Å². The maximum Gasteiger partial charge on any atom is 0.244 e. The average Bonchev–Trinajstić information content (AvgIpc) is 3.20. The summed E-state index contributed by atoms with van der Waals surface area (Å²) >= 11 is 0. The number of aryl methyl sites for hydroxylation is 2. The lowest BCUT2D eigenvalue weighted by molar-refractivity contribution is -0.134. The number of carbonyl (C=O) groups excluding carboxylic acids is 2. The van der Waals surface area contributed by atoms with Gasteiger partial charge in [0.15, 0.2) is 0 Å². The number of hydrogen-bond acceptors (Lipinski definition) is 4. The summed E-state index contributed by atoms with van der Waals surface area (Å²) < 4.78 is 1.73. The van der Waals surface area contributed by atoms with Gasteiger partial charge in [0.2, 0.25) is 11.8 Å². The Hall–Kier alpha value is -2.67. The van der Waals surface area contributed by atoms with Gasteiger partial charge in [0.1, 0.15) is 0 Å². The van der Waals surface area contributed by atoms with Crippen molar-refractivity contribution in [2.45, 2.75) is 45.1 Å². The van der Waals surface area contributed by atoms with Crippen LogP contribution in [0.1, 0.15) is 43.2 Å². The molecule has 0 saturated carbocycles. The van der Waals surface area contributed by atoms with Crippen LogP contribution in [-0.4, -0.2) is 70.2 Å². The number of carbonyl (C=O) groups is 2. The van der Waals surface area contributed by atoms with E-state index in [1.54, 1.807) is 10.9 Å². The van der Waals surface area contributed by atoms with Gasteiger partial charge < -0.3 is 9.80 Å². The van der Waals surface area contributed by atoms with Crippen molar-refractivity contribution in [2.24, 2.45) is 7.05 Å². The molecule has 2 aliphatic heterocycles. The van der Waals surface area contributed by atoms with Crippen LogP contribution < -0.4 is 4.90 Å². The molecule has 166 valence electrons. The van der Waals surface area contributed by atoms with Crippen molar-refractivity contribution in [1.29, 1.82) is 0 Å². The third-order valence-electron chi connectivity index (χ3n) is 6.72. The van der Waals surface area contributed by atoms with E-state index < -0.39 is 0 Å². The lowest BCUT2D eigenvalue weighted by Crippen LogP contribution is -2.58. The molecule has 1 aromatic heterocycles. The number of anilines is 1.